The summed E-state index contributed by atoms with van der Waals surface area (Å²) in [7, 11) is 1.38. The molecule has 2 rings (SSSR count). The predicted octanol–water partition coefficient (Wildman–Crippen LogP) is 2.82. The fraction of sp³-hybridized carbons (Fsp3) is 0.286. The van der Waals surface area contributed by atoms with E-state index in [1.807, 2.05) is 13.8 Å². The first-order chi connectivity index (χ1) is 10.8. The largest absolute Gasteiger partial charge is 0.494 e. The molecule has 2 aromatic rings. The van der Waals surface area contributed by atoms with Crippen LogP contribution in [0.4, 0.5) is 11.4 Å². The lowest BCUT2D eigenvalue weighted by Gasteiger charge is -2.10. The third-order valence-electron chi connectivity index (χ3n) is 3.26. The molecular weight excluding hydrogens is 368 g/mol. The van der Waals surface area contributed by atoms with Crippen LogP contribution in [0.2, 0.25) is 0 Å². The maximum atomic E-state index is 12.2. The zero-order chi connectivity index (χ0) is 17.1. The lowest BCUT2D eigenvalue weighted by Crippen LogP contribution is -2.20. The highest BCUT2D eigenvalue weighted by Gasteiger charge is 2.15. The van der Waals surface area contributed by atoms with Gasteiger partial charge in [-0.1, -0.05) is 0 Å². The average molecular weight is 383 g/mol. The van der Waals surface area contributed by atoms with E-state index in [0.29, 0.717) is 5.69 Å². The number of non-ortho nitro benzene ring substituents is 1. The molecule has 0 unspecified atom stereocenters. The van der Waals surface area contributed by atoms with Gasteiger partial charge < -0.3 is 10.1 Å². The number of carbonyl (C=O) groups is 1. The van der Waals surface area contributed by atoms with Crippen molar-refractivity contribution < 1.29 is 14.5 Å². The Hall–Kier alpha value is -2.42. The smallest absolute Gasteiger partial charge is 0.273 e. The number of rotatable bonds is 5. The van der Waals surface area contributed by atoms with E-state index >= 15 is 0 Å². The maximum absolute atomic E-state index is 12.2. The van der Waals surface area contributed by atoms with Gasteiger partial charge in [0.25, 0.3) is 5.69 Å². The van der Waals surface area contributed by atoms with Crippen molar-refractivity contribution in [1.82, 2.24) is 9.78 Å². The summed E-state index contributed by atoms with van der Waals surface area (Å²) in [4.78, 5) is 22.4. The molecular formula is C14H15BrN4O4. The standard InChI is InChI=1S/C14H15BrN4O4/c1-8-14(15)9(2)18(17-8)7-13(20)16-11-5-4-10(19(21)22)6-12(11)23-3/h4-6H,7H2,1-3H3,(H,16,20). The summed E-state index contributed by atoms with van der Waals surface area (Å²) < 4.78 is 7.52. The summed E-state index contributed by atoms with van der Waals surface area (Å²) in [6, 6.07) is 4.00. The van der Waals surface area contributed by atoms with Crippen LogP contribution in [0.5, 0.6) is 5.75 Å². The molecule has 23 heavy (non-hydrogen) atoms. The Morgan fingerprint density at radius 2 is 2.17 bits per heavy atom. The van der Waals surface area contributed by atoms with Crippen LogP contribution in [0.25, 0.3) is 0 Å². The number of nitrogens with one attached hydrogen (secondary N) is 1. The van der Waals surface area contributed by atoms with Crippen LogP contribution >= 0.6 is 15.9 Å². The molecule has 1 N–H and O–H groups in total. The predicted molar refractivity (Wildman–Crippen MR) is 87.7 cm³/mol. The van der Waals surface area contributed by atoms with E-state index in [4.69, 9.17) is 4.74 Å². The number of methoxy groups -OCH3 is 1. The third kappa shape index (κ3) is 3.67. The summed E-state index contributed by atoms with van der Waals surface area (Å²) in [6.45, 7) is 3.72. The molecule has 8 nitrogen and oxygen atoms in total. The molecule has 0 aliphatic rings. The second kappa shape index (κ2) is 6.78. The van der Waals surface area contributed by atoms with E-state index in [1.54, 1.807) is 4.68 Å². The number of anilines is 1. The second-order valence-corrected chi connectivity index (χ2v) is 5.63. The number of carbonyl (C=O) groups excluding carboxylic acids is 1. The summed E-state index contributed by atoms with van der Waals surface area (Å²) in [5, 5.41) is 17.7. The molecule has 1 heterocycles. The zero-order valence-corrected chi connectivity index (χ0v) is 14.4. The maximum Gasteiger partial charge on any atom is 0.273 e. The Labute approximate surface area is 140 Å². The van der Waals surface area contributed by atoms with E-state index in [2.05, 4.69) is 26.3 Å². The molecule has 1 aromatic heterocycles. The number of aromatic nitrogens is 2. The van der Waals surface area contributed by atoms with Gasteiger partial charge in [0.2, 0.25) is 5.91 Å². The Morgan fingerprint density at radius 3 is 2.70 bits per heavy atom. The molecule has 0 aliphatic heterocycles. The Bertz CT molecular complexity index is 772. The van der Waals surface area contributed by atoms with Crippen molar-refractivity contribution >= 4 is 33.2 Å². The minimum Gasteiger partial charge on any atom is -0.494 e. The van der Waals surface area contributed by atoms with Gasteiger partial charge in [-0.05, 0) is 35.8 Å². The highest BCUT2D eigenvalue weighted by molar-refractivity contribution is 9.10. The van der Waals surface area contributed by atoms with Crippen molar-refractivity contribution in [3.63, 3.8) is 0 Å². The summed E-state index contributed by atoms with van der Waals surface area (Å²) in [5.41, 5.74) is 1.89. The normalized spacial score (nSPS) is 10.4. The van der Waals surface area contributed by atoms with Crippen molar-refractivity contribution in [3.05, 3.63) is 44.2 Å². The SMILES string of the molecule is COc1cc([N+](=O)[O-])ccc1NC(=O)Cn1nc(C)c(Br)c1C. The summed E-state index contributed by atoms with van der Waals surface area (Å²) in [5.74, 6) is -0.0858. The average Bonchev–Trinajstić information content (AvgIpc) is 2.74. The second-order valence-electron chi connectivity index (χ2n) is 4.83. The van der Waals surface area contributed by atoms with Crippen LogP contribution in [-0.4, -0.2) is 27.7 Å². The number of nitro benzene ring substituents is 1. The van der Waals surface area contributed by atoms with Crippen molar-refractivity contribution in [2.45, 2.75) is 20.4 Å². The van der Waals surface area contributed by atoms with Crippen LogP contribution in [-0.2, 0) is 11.3 Å². The summed E-state index contributed by atoms with van der Waals surface area (Å²) in [6.07, 6.45) is 0. The number of benzene rings is 1. The monoisotopic (exact) mass is 382 g/mol. The highest BCUT2D eigenvalue weighted by Crippen LogP contribution is 2.29. The van der Waals surface area contributed by atoms with Gasteiger partial charge in [0.05, 0.1) is 39.6 Å². The number of amides is 1. The van der Waals surface area contributed by atoms with Crippen LogP contribution in [0.15, 0.2) is 22.7 Å². The Kier molecular flexibility index (Phi) is 4.99. The van der Waals surface area contributed by atoms with E-state index in [-0.39, 0.29) is 23.9 Å². The van der Waals surface area contributed by atoms with Crippen molar-refractivity contribution in [2.24, 2.45) is 0 Å². The minimum atomic E-state index is -0.526. The molecule has 0 spiro atoms. The van der Waals surface area contributed by atoms with Crippen molar-refractivity contribution in [2.75, 3.05) is 12.4 Å². The molecule has 0 fully saturated rings. The molecule has 0 bridgehead atoms. The molecule has 0 aliphatic carbocycles. The number of halogens is 1. The Balaban J connectivity index is 2.16. The molecule has 122 valence electrons. The van der Waals surface area contributed by atoms with Crippen LogP contribution < -0.4 is 10.1 Å². The number of hydrogen-bond donors (Lipinski definition) is 1. The molecule has 1 aromatic carbocycles. The van der Waals surface area contributed by atoms with E-state index < -0.39 is 4.92 Å². The minimum absolute atomic E-state index is 0.0262. The van der Waals surface area contributed by atoms with Crippen molar-refractivity contribution in [3.8, 4) is 5.75 Å². The van der Waals surface area contributed by atoms with Gasteiger partial charge in [-0.15, -0.1) is 0 Å². The van der Waals surface area contributed by atoms with Gasteiger partial charge in [-0.25, -0.2) is 0 Å². The van der Waals surface area contributed by atoms with Gasteiger partial charge in [0.15, 0.2) is 0 Å². The summed E-state index contributed by atoms with van der Waals surface area (Å²) >= 11 is 3.40. The van der Waals surface area contributed by atoms with Crippen LogP contribution in [0.1, 0.15) is 11.4 Å². The fourth-order valence-electron chi connectivity index (χ4n) is 2.05. The molecule has 0 saturated heterocycles. The van der Waals surface area contributed by atoms with Gasteiger partial charge in [-0.3, -0.25) is 19.6 Å². The van der Waals surface area contributed by atoms with Gasteiger partial charge in [-0.2, -0.15) is 5.10 Å². The van der Waals surface area contributed by atoms with Gasteiger partial charge in [0, 0.05) is 6.07 Å². The molecule has 1 amide bonds. The van der Waals surface area contributed by atoms with Crippen LogP contribution in [0.3, 0.4) is 0 Å². The first kappa shape index (κ1) is 16.9. The van der Waals surface area contributed by atoms with E-state index in [9.17, 15) is 14.9 Å². The lowest BCUT2D eigenvalue weighted by molar-refractivity contribution is -0.384. The number of nitrogens with zero attached hydrogens (tertiary/aromatic N) is 3. The zero-order valence-electron chi connectivity index (χ0n) is 12.8. The van der Waals surface area contributed by atoms with Crippen LogP contribution in [0, 0.1) is 24.0 Å². The number of aryl methyl sites for hydroxylation is 1. The highest BCUT2D eigenvalue weighted by atomic mass is 79.9. The van der Waals surface area contributed by atoms with Crippen molar-refractivity contribution in [1.29, 1.82) is 0 Å². The quantitative estimate of drug-likeness (QED) is 0.632. The third-order valence-corrected chi connectivity index (χ3v) is 4.40. The van der Waals surface area contributed by atoms with E-state index in [0.717, 1.165) is 15.9 Å². The molecule has 0 atom stereocenters. The topological polar surface area (TPSA) is 99.3 Å². The number of ether oxygens (including phenoxy) is 1. The lowest BCUT2D eigenvalue weighted by atomic mass is 10.2. The number of hydrogen-bond acceptors (Lipinski definition) is 5. The van der Waals surface area contributed by atoms with Gasteiger partial charge >= 0.3 is 0 Å². The fourth-order valence-corrected chi connectivity index (χ4v) is 2.34. The Morgan fingerprint density at radius 1 is 1.48 bits per heavy atom. The van der Waals surface area contributed by atoms with E-state index in [1.165, 1.54) is 25.3 Å². The number of nitro groups is 1. The molecule has 9 heteroatoms. The first-order valence-electron chi connectivity index (χ1n) is 6.65. The molecule has 0 saturated carbocycles. The molecule has 0 radical (unpaired) electrons. The van der Waals surface area contributed by atoms with Gasteiger partial charge in [0.1, 0.15) is 12.3 Å². The first-order valence-corrected chi connectivity index (χ1v) is 7.44.